The van der Waals surface area contributed by atoms with Crippen molar-refractivity contribution >= 4 is 0 Å². The van der Waals surface area contributed by atoms with Gasteiger partial charge in [-0.15, -0.1) is 0 Å². The molecule has 4 rings (SSSR count). The van der Waals surface area contributed by atoms with Gasteiger partial charge >= 0.3 is 0 Å². The van der Waals surface area contributed by atoms with Crippen LogP contribution in [0.15, 0.2) is 48.5 Å². The monoisotopic (exact) mass is 277 g/mol. The van der Waals surface area contributed by atoms with Gasteiger partial charge in [0.1, 0.15) is 0 Å². The van der Waals surface area contributed by atoms with Gasteiger partial charge in [0.25, 0.3) is 0 Å². The molecule has 108 valence electrons. The van der Waals surface area contributed by atoms with Crippen molar-refractivity contribution < 1.29 is 0 Å². The van der Waals surface area contributed by atoms with Gasteiger partial charge in [0.2, 0.25) is 0 Å². The van der Waals surface area contributed by atoms with Crippen molar-refractivity contribution in [1.82, 2.24) is 5.32 Å². The van der Waals surface area contributed by atoms with E-state index in [1.807, 2.05) is 0 Å². The molecule has 1 N–H and O–H groups in total. The molecule has 2 aliphatic carbocycles. The summed E-state index contributed by atoms with van der Waals surface area (Å²) in [4.78, 5) is 0. The molecule has 21 heavy (non-hydrogen) atoms. The van der Waals surface area contributed by atoms with Crippen molar-refractivity contribution in [2.75, 3.05) is 0 Å². The molecule has 0 amide bonds. The number of rotatable bonds is 2. The summed E-state index contributed by atoms with van der Waals surface area (Å²) < 4.78 is 0. The number of nitrogens with one attached hydrogen (secondary N) is 1. The molecule has 0 aliphatic heterocycles. The van der Waals surface area contributed by atoms with Crippen molar-refractivity contribution in [3.63, 3.8) is 0 Å². The molecule has 0 saturated heterocycles. The van der Waals surface area contributed by atoms with Crippen LogP contribution in [0.2, 0.25) is 0 Å². The lowest BCUT2D eigenvalue weighted by molar-refractivity contribution is 0.249. The molecule has 0 radical (unpaired) electrons. The first-order chi connectivity index (χ1) is 10.1. The highest BCUT2D eigenvalue weighted by Gasteiger charge is 2.40. The Hall–Kier alpha value is -1.60. The van der Waals surface area contributed by atoms with Gasteiger partial charge in [-0.2, -0.15) is 0 Å². The summed E-state index contributed by atoms with van der Waals surface area (Å²) in [6, 6.07) is 18.9. The Balaban J connectivity index is 1.58. The van der Waals surface area contributed by atoms with Gasteiger partial charge in [0.05, 0.1) is 0 Å². The largest absolute Gasteiger partial charge is 0.306 e. The first-order valence-electron chi connectivity index (χ1n) is 8.04. The van der Waals surface area contributed by atoms with Gasteiger partial charge in [0.15, 0.2) is 0 Å². The van der Waals surface area contributed by atoms with E-state index < -0.39 is 0 Å². The van der Waals surface area contributed by atoms with Gasteiger partial charge in [0, 0.05) is 12.1 Å². The topological polar surface area (TPSA) is 12.0 Å². The van der Waals surface area contributed by atoms with Crippen molar-refractivity contribution in [2.24, 2.45) is 5.41 Å². The molecular weight excluding hydrogens is 254 g/mol. The van der Waals surface area contributed by atoms with E-state index in [4.69, 9.17) is 0 Å². The summed E-state index contributed by atoms with van der Waals surface area (Å²) in [5, 5.41) is 3.97. The van der Waals surface area contributed by atoms with Gasteiger partial charge in [-0.05, 0) is 46.9 Å². The smallest absolute Gasteiger partial charge is 0.0380 e. The fourth-order valence-corrected chi connectivity index (χ4v) is 4.22. The highest BCUT2D eigenvalue weighted by Crippen LogP contribution is 2.45. The molecule has 0 heterocycles. The Morgan fingerprint density at radius 3 is 2.10 bits per heavy atom. The maximum atomic E-state index is 3.97. The summed E-state index contributed by atoms with van der Waals surface area (Å²) in [6.45, 7) is 4.79. The van der Waals surface area contributed by atoms with Crippen LogP contribution in [0.5, 0.6) is 0 Å². The Labute approximate surface area is 127 Å². The van der Waals surface area contributed by atoms with Crippen LogP contribution in [0.3, 0.4) is 0 Å². The fourth-order valence-electron chi connectivity index (χ4n) is 4.22. The van der Waals surface area contributed by atoms with Gasteiger partial charge in [-0.3, -0.25) is 0 Å². The minimum atomic E-state index is 0.304. The van der Waals surface area contributed by atoms with E-state index in [0.29, 0.717) is 17.5 Å². The second-order valence-electron chi connectivity index (χ2n) is 7.34. The standard InChI is InChI=1S/C20H23N/c1-20(2)13-16-9-5-6-10-18(16)19(20)21-17-11-14-7-3-4-8-15(14)12-17/h3-10,17,19,21H,11-13H2,1-2H3. The van der Waals surface area contributed by atoms with Gasteiger partial charge in [-0.1, -0.05) is 62.4 Å². The molecule has 1 atom stereocenters. The van der Waals surface area contributed by atoms with Crippen LogP contribution in [-0.4, -0.2) is 6.04 Å². The third kappa shape index (κ3) is 2.20. The molecule has 0 bridgehead atoms. The molecule has 2 aromatic carbocycles. The maximum absolute atomic E-state index is 3.97. The van der Waals surface area contributed by atoms with E-state index in [-0.39, 0.29) is 0 Å². The summed E-state index contributed by atoms with van der Waals surface area (Å²) in [5.74, 6) is 0. The van der Waals surface area contributed by atoms with Crippen LogP contribution in [0, 0.1) is 5.41 Å². The zero-order chi connectivity index (χ0) is 14.4. The quantitative estimate of drug-likeness (QED) is 0.872. The van der Waals surface area contributed by atoms with Crippen LogP contribution in [0.1, 0.15) is 42.1 Å². The van der Waals surface area contributed by atoms with E-state index in [1.54, 1.807) is 0 Å². The summed E-state index contributed by atoms with van der Waals surface area (Å²) >= 11 is 0. The average Bonchev–Trinajstić information content (AvgIpc) is 2.98. The normalized spacial score (nSPS) is 23.0. The molecule has 1 unspecified atom stereocenters. The molecule has 2 aliphatic rings. The second kappa shape index (κ2) is 4.71. The van der Waals surface area contributed by atoms with Crippen LogP contribution >= 0.6 is 0 Å². The number of hydrogen-bond donors (Lipinski definition) is 1. The molecular formula is C20H23N. The molecule has 0 aromatic heterocycles. The minimum absolute atomic E-state index is 0.304. The van der Waals surface area contributed by atoms with Crippen molar-refractivity contribution in [3.05, 3.63) is 70.8 Å². The molecule has 1 heteroatoms. The lowest BCUT2D eigenvalue weighted by atomic mass is 9.85. The van der Waals surface area contributed by atoms with E-state index in [9.17, 15) is 0 Å². The lowest BCUT2D eigenvalue weighted by Crippen LogP contribution is -2.39. The SMILES string of the molecule is CC1(C)Cc2ccccc2C1NC1Cc2ccccc2C1. The second-order valence-corrected chi connectivity index (χ2v) is 7.34. The fraction of sp³-hybridized carbons (Fsp3) is 0.400. The van der Waals surface area contributed by atoms with Crippen molar-refractivity contribution in [2.45, 2.75) is 45.2 Å². The first-order valence-corrected chi connectivity index (χ1v) is 8.04. The third-order valence-electron chi connectivity index (χ3n) is 5.25. The summed E-state index contributed by atoms with van der Waals surface area (Å²) in [5.41, 5.74) is 6.39. The van der Waals surface area contributed by atoms with Crippen molar-refractivity contribution in [1.29, 1.82) is 0 Å². The predicted molar refractivity (Wildman–Crippen MR) is 87.4 cm³/mol. The number of fused-ring (bicyclic) bond motifs is 2. The maximum Gasteiger partial charge on any atom is 0.0380 e. The summed E-state index contributed by atoms with van der Waals surface area (Å²) in [7, 11) is 0. The Bertz CT molecular complexity index is 646. The van der Waals surface area contributed by atoms with E-state index in [2.05, 4.69) is 67.7 Å². The number of benzene rings is 2. The molecule has 0 spiro atoms. The van der Waals surface area contributed by atoms with Crippen LogP contribution in [0.4, 0.5) is 0 Å². The first kappa shape index (κ1) is 13.1. The highest BCUT2D eigenvalue weighted by molar-refractivity contribution is 5.39. The van der Waals surface area contributed by atoms with Crippen molar-refractivity contribution in [3.8, 4) is 0 Å². The minimum Gasteiger partial charge on any atom is -0.306 e. The highest BCUT2D eigenvalue weighted by atomic mass is 15.0. The molecule has 0 fully saturated rings. The third-order valence-corrected chi connectivity index (χ3v) is 5.25. The van der Waals surface area contributed by atoms with E-state index in [0.717, 1.165) is 0 Å². The zero-order valence-corrected chi connectivity index (χ0v) is 12.9. The van der Waals surface area contributed by atoms with E-state index >= 15 is 0 Å². The lowest BCUT2D eigenvalue weighted by Gasteiger charge is -2.31. The predicted octanol–water partition coefficient (Wildman–Crippen LogP) is 4.07. The molecule has 0 saturated carbocycles. The zero-order valence-electron chi connectivity index (χ0n) is 12.9. The molecule has 1 nitrogen and oxygen atoms in total. The van der Waals surface area contributed by atoms with Gasteiger partial charge < -0.3 is 5.32 Å². The Morgan fingerprint density at radius 2 is 1.43 bits per heavy atom. The Morgan fingerprint density at radius 1 is 0.857 bits per heavy atom. The Kier molecular flexibility index (Phi) is 2.93. The van der Waals surface area contributed by atoms with Gasteiger partial charge in [-0.25, -0.2) is 0 Å². The average molecular weight is 277 g/mol. The number of hydrogen-bond acceptors (Lipinski definition) is 1. The summed E-state index contributed by atoms with van der Waals surface area (Å²) in [6.07, 6.45) is 3.52. The van der Waals surface area contributed by atoms with E-state index in [1.165, 1.54) is 41.5 Å². The van der Waals surface area contributed by atoms with Crippen LogP contribution in [-0.2, 0) is 19.3 Å². The van der Waals surface area contributed by atoms with Crippen LogP contribution < -0.4 is 5.32 Å². The van der Waals surface area contributed by atoms with Crippen LogP contribution in [0.25, 0.3) is 0 Å². The molecule has 2 aromatic rings.